The van der Waals surface area contributed by atoms with Gasteiger partial charge >= 0.3 is 0 Å². The first-order chi connectivity index (χ1) is 24.2. The predicted molar refractivity (Wildman–Crippen MR) is 208 cm³/mol. The van der Waals surface area contributed by atoms with Crippen molar-refractivity contribution in [2.75, 3.05) is 57.3 Å². The molecule has 2 saturated heterocycles. The van der Waals surface area contributed by atoms with Gasteiger partial charge in [0.2, 0.25) is 0 Å². The van der Waals surface area contributed by atoms with E-state index in [1.807, 2.05) is 32.0 Å². The number of hydrogen-bond acceptors (Lipinski definition) is 6. The number of anilines is 1. The summed E-state index contributed by atoms with van der Waals surface area (Å²) < 4.78 is 21.8. The van der Waals surface area contributed by atoms with Crippen molar-refractivity contribution in [2.24, 2.45) is 17.8 Å². The molecule has 1 N–H and O–H groups in total. The lowest BCUT2D eigenvalue weighted by atomic mass is 9.66. The number of carbonyl (C=O) groups is 1. The molecule has 6 atom stereocenters. The highest BCUT2D eigenvalue weighted by Crippen LogP contribution is 2.44. The van der Waals surface area contributed by atoms with Crippen LogP contribution in [0.5, 0.6) is 5.75 Å². The van der Waals surface area contributed by atoms with Gasteiger partial charge in [-0.3, -0.25) is 14.6 Å². The van der Waals surface area contributed by atoms with Crippen molar-refractivity contribution >= 4 is 34.6 Å². The Hall–Kier alpha value is -2.23. The number of hydrogen-bond donors (Lipinski definition) is 1. The van der Waals surface area contributed by atoms with Gasteiger partial charge in [0.05, 0.1) is 23.7 Å². The second kappa shape index (κ2) is 17.5. The maximum Gasteiger partial charge on any atom is 0.292 e. The number of benzene rings is 2. The highest BCUT2D eigenvalue weighted by molar-refractivity contribution is 7.90. The summed E-state index contributed by atoms with van der Waals surface area (Å²) in [6.45, 7) is 16.5. The average Bonchev–Trinajstić information content (AvgIpc) is 3.28. The highest BCUT2D eigenvalue weighted by atomic mass is 35.5. The van der Waals surface area contributed by atoms with Crippen LogP contribution >= 0.6 is 11.6 Å². The zero-order valence-electron chi connectivity index (χ0n) is 30.7. The normalized spacial score (nSPS) is 25.7. The Balaban J connectivity index is 1.26. The monoisotopic (exact) mass is 722 g/mol. The fourth-order valence-electron chi connectivity index (χ4n) is 8.73. The molecule has 3 heterocycles. The first-order valence-corrected chi connectivity index (χ1v) is 21.0. The van der Waals surface area contributed by atoms with E-state index in [0.29, 0.717) is 29.9 Å². The third-order valence-electron chi connectivity index (χ3n) is 11.6. The summed E-state index contributed by atoms with van der Waals surface area (Å²) in [4.78, 5) is 21.3. The lowest BCUT2D eigenvalue weighted by Crippen LogP contribution is -2.56. The molecule has 1 saturated carbocycles. The van der Waals surface area contributed by atoms with Crippen LogP contribution in [0.15, 0.2) is 48.6 Å². The number of rotatable bonds is 13. The van der Waals surface area contributed by atoms with Gasteiger partial charge in [-0.15, -0.1) is 0 Å². The first-order valence-electron chi connectivity index (χ1n) is 19.4. The van der Waals surface area contributed by atoms with E-state index in [1.54, 1.807) is 6.07 Å². The van der Waals surface area contributed by atoms with Crippen LogP contribution < -0.4 is 14.4 Å². The standard InChI is InChI=1S/C41H59ClN4O3S/c1-5-7-11-32(24-44-20-21-45-19-9-8-12-36(45)27-44)38-16-13-33(38)25-46-26-34(37-17-15-35(42)22-30(37)10-6-2)28-49-40-18-14-31(23-39(40)46)41(47)43-50(48)29(3)4/h7,11,14-15,17-18,22-23,29,32-34,36,38H,5-6,8-10,12-13,16,19-21,24-28H2,1-4H3,(H,43,47)/b11-7+. The number of amides is 1. The number of piperidine rings is 1. The topological polar surface area (TPSA) is 71.1 Å². The lowest BCUT2D eigenvalue weighted by Gasteiger charge is -2.48. The fourth-order valence-corrected chi connectivity index (χ4v) is 9.46. The van der Waals surface area contributed by atoms with Crippen molar-refractivity contribution in [3.63, 3.8) is 0 Å². The molecule has 7 nitrogen and oxygen atoms in total. The van der Waals surface area contributed by atoms with Crippen LogP contribution in [0.4, 0.5) is 5.69 Å². The number of nitrogens with one attached hydrogen (secondary N) is 1. The van der Waals surface area contributed by atoms with Crippen molar-refractivity contribution in [1.29, 1.82) is 0 Å². The summed E-state index contributed by atoms with van der Waals surface area (Å²) in [5.74, 6) is 2.37. The number of allylic oxidation sites excluding steroid dienone is 1. The third-order valence-corrected chi connectivity index (χ3v) is 13.1. The van der Waals surface area contributed by atoms with Gasteiger partial charge in [0, 0.05) is 61.8 Å². The Morgan fingerprint density at radius 3 is 2.70 bits per heavy atom. The quantitative estimate of drug-likeness (QED) is 0.168. The van der Waals surface area contributed by atoms with E-state index in [9.17, 15) is 9.35 Å². The van der Waals surface area contributed by atoms with E-state index in [1.165, 1.54) is 69.4 Å². The summed E-state index contributed by atoms with van der Waals surface area (Å²) in [5, 5.41) is 0.614. The van der Waals surface area contributed by atoms with E-state index in [4.69, 9.17) is 16.3 Å². The molecule has 0 aromatic heterocycles. The van der Waals surface area contributed by atoms with Gasteiger partial charge in [-0.25, -0.2) is 0 Å². The van der Waals surface area contributed by atoms with E-state index >= 15 is 0 Å². The molecule has 0 spiro atoms. The SMILES string of the molecule is CC/C=C/C(CN1CCN2CCCCC2C1)C1CCC1CN1CC(c2ccc(Cl)cc2CCC)COc2ccc(C(=O)N[S+]([O-])C(C)C)cc21. The predicted octanol–water partition coefficient (Wildman–Crippen LogP) is 7.86. The second-order valence-electron chi connectivity index (χ2n) is 15.4. The van der Waals surface area contributed by atoms with E-state index in [0.717, 1.165) is 61.4 Å². The Morgan fingerprint density at radius 1 is 1.08 bits per heavy atom. The van der Waals surface area contributed by atoms with Crippen LogP contribution in [-0.4, -0.2) is 84.0 Å². The van der Waals surface area contributed by atoms with Crippen molar-refractivity contribution in [3.8, 4) is 5.75 Å². The van der Waals surface area contributed by atoms with Gasteiger partial charge in [-0.1, -0.05) is 56.5 Å². The molecule has 3 fully saturated rings. The number of aryl methyl sites for hydroxylation is 1. The Labute approximate surface area is 309 Å². The molecule has 0 radical (unpaired) electrons. The van der Waals surface area contributed by atoms with Crippen LogP contribution in [0.3, 0.4) is 0 Å². The molecule has 1 aliphatic carbocycles. The second-order valence-corrected chi connectivity index (χ2v) is 17.6. The third kappa shape index (κ3) is 9.03. The molecule has 9 heteroatoms. The number of ether oxygens (including phenoxy) is 1. The molecule has 6 rings (SSSR count). The maximum atomic E-state index is 13.3. The molecule has 3 aliphatic heterocycles. The number of nitrogens with zero attached hydrogens (tertiary/aromatic N) is 3. The van der Waals surface area contributed by atoms with Crippen LogP contribution in [0.2, 0.25) is 5.02 Å². The van der Waals surface area contributed by atoms with Crippen LogP contribution in [-0.2, 0) is 17.8 Å². The van der Waals surface area contributed by atoms with Crippen molar-refractivity contribution in [3.05, 3.63) is 70.3 Å². The van der Waals surface area contributed by atoms with Gasteiger partial charge < -0.3 is 14.2 Å². The highest BCUT2D eigenvalue weighted by Gasteiger charge is 2.40. The number of halogens is 1. The summed E-state index contributed by atoms with van der Waals surface area (Å²) in [6.07, 6.45) is 14.6. The lowest BCUT2D eigenvalue weighted by molar-refractivity contribution is 0.0283. The van der Waals surface area contributed by atoms with Crippen molar-refractivity contribution < 1.29 is 14.1 Å². The van der Waals surface area contributed by atoms with Gasteiger partial charge in [0.1, 0.15) is 11.0 Å². The molecule has 2 aromatic rings. The molecule has 4 aliphatic rings. The number of carbonyl (C=O) groups excluding carboxylic acids is 1. The molecule has 0 bridgehead atoms. The fraction of sp³-hybridized carbons (Fsp3) is 0.634. The van der Waals surface area contributed by atoms with Gasteiger partial charge in [0.25, 0.3) is 5.91 Å². The Bertz CT molecular complexity index is 1470. The van der Waals surface area contributed by atoms with Crippen molar-refractivity contribution in [1.82, 2.24) is 14.5 Å². The molecule has 274 valence electrons. The molecular formula is C41H59ClN4O3S. The van der Waals surface area contributed by atoms with Crippen LogP contribution in [0, 0.1) is 17.8 Å². The average molecular weight is 723 g/mol. The maximum absolute atomic E-state index is 13.3. The van der Waals surface area contributed by atoms with E-state index in [2.05, 4.69) is 57.6 Å². The van der Waals surface area contributed by atoms with Crippen LogP contribution in [0.1, 0.15) is 100 Å². The number of piperazine rings is 1. The van der Waals surface area contributed by atoms with Crippen LogP contribution in [0.25, 0.3) is 0 Å². The Kier molecular flexibility index (Phi) is 13.2. The first kappa shape index (κ1) is 37.5. The molecule has 1 amide bonds. The summed E-state index contributed by atoms with van der Waals surface area (Å²) in [5.41, 5.74) is 4.06. The molecule has 50 heavy (non-hydrogen) atoms. The minimum Gasteiger partial charge on any atom is -0.593 e. The largest absolute Gasteiger partial charge is 0.593 e. The zero-order valence-corrected chi connectivity index (χ0v) is 32.3. The van der Waals surface area contributed by atoms with Crippen molar-refractivity contribution in [2.45, 2.75) is 96.3 Å². The zero-order chi connectivity index (χ0) is 35.2. The minimum absolute atomic E-state index is 0.158. The van der Waals surface area contributed by atoms with Gasteiger partial charge in [0.15, 0.2) is 0 Å². The summed E-state index contributed by atoms with van der Waals surface area (Å²) >= 11 is 5.05. The summed E-state index contributed by atoms with van der Waals surface area (Å²) in [6, 6.07) is 12.8. The van der Waals surface area contributed by atoms with Gasteiger partial charge in [-0.2, -0.15) is 4.72 Å². The smallest absolute Gasteiger partial charge is 0.292 e. The summed E-state index contributed by atoms with van der Waals surface area (Å²) in [7, 11) is 0. The van der Waals surface area contributed by atoms with E-state index in [-0.39, 0.29) is 17.1 Å². The molecular weight excluding hydrogens is 664 g/mol. The number of fused-ring (bicyclic) bond motifs is 2. The van der Waals surface area contributed by atoms with E-state index < -0.39 is 11.4 Å². The molecule has 2 aromatic carbocycles. The Morgan fingerprint density at radius 2 is 1.94 bits per heavy atom. The van der Waals surface area contributed by atoms with Gasteiger partial charge in [-0.05, 0) is 118 Å². The minimum atomic E-state index is -1.44. The molecule has 6 unspecified atom stereocenters.